The van der Waals surface area contributed by atoms with Crippen molar-refractivity contribution in [3.8, 4) is 0 Å². The molecule has 0 aliphatic heterocycles. The van der Waals surface area contributed by atoms with Crippen LogP contribution in [0.15, 0.2) is 52.4 Å². The van der Waals surface area contributed by atoms with Crippen LogP contribution in [0, 0.1) is 6.92 Å². The molecular formula is C19H21BrN2O3. The monoisotopic (exact) mass is 404 g/mol. The quantitative estimate of drug-likeness (QED) is 0.713. The molecule has 0 saturated carbocycles. The Hall–Kier alpha value is -2.34. The largest absolute Gasteiger partial charge is 0.451 e. The van der Waals surface area contributed by atoms with Gasteiger partial charge in [0.05, 0.1) is 0 Å². The van der Waals surface area contributed by atoms with Gasteiger partial charge in [-0.1, -0.05) is 28.1 Å². The Morgan fingerprint density at radius 3 is 2.56 bits per heavy atom. The number of hydrogen-bond acceptors (Lipinski definition) is 3. The predicted molar refractivity (Wildman–Crippen MR) is 103 cm³/mol. The van der Waals surface area contributed by atoms with Gasteiger partial charge in [-0.05, 0) is 32.0 Å². The lowest BCUT2D eigenvalue weighted by Crippen LogP contribution is -2.47. The van der Waals surface area contributed by atoms with Crippen LogP contribution >= 0.6 is 15.9 Å². The number of nitrogens with one attached hydrogen (secondary N) is 1. The summed E-state index contributed by atoms with van der Waals surface area (Å²) in [4.78, 5) is 26.6. The summed E-state index contributed by atoms with van der Waals surface area (Å²) in [6.45, 7) is 11.5. The molecule has 1 aromatic carbocycles. The van der Waals surface area contributed by atoms with E-state index < -0.39 is 11.9 Å². The highest BCUT2D eigenvalue weighted by atomic mass is 79.9. The van der Waals surface area contributed by atoms with E-state index in [-0.39, 0.29) is 11.7 Å². The van der Waals surface area contributed by atoms with Gasteiger partial charge in [0, 0.05) is 28.5 Å². The Balaban J connectivity index is 2.18. The van der Waals surface area contributed by atoms with Gasteiger partial charge < -0.3 is 14.6 Å². The van der Waals surface area contributed by atoms with E-state index in [1.165, 1.54) is 0 Å². The molecule has 1 aromatic heterocycles. The van der Waals surface area contributed by atoms with Gasteiger partial charge in [-0.3, -0.25) is 9.59 Å². The lowest BCUT2D eigenvalue weighted by molar-refractivity contribution is -0.131. The van der Waals surface area contributed by atoms with Crippen LogP contribution in [0.1, 0.15) is 23.0 Å². The molecule has 1 atom stereocenters. The van der Waals surface area contributed by atoms with Crippen molar-refractivity contribution >= 4 is 38.7 Å². The summed E-state index contributed by atoms with van der Waals surface area (Å²) in [5.41, 5.74) is 1.37. The van der Waals surface area contributed by atoms with Crippen molar-refractivity contribution in [3.63, 3.8) is 0 Å². The van der Waals surface area contributed by atoms with E-state index in [4.69, 9.17) is 4.42 Å². The Morgan fingerprint density at radius 1 is 1.32 bits per heavy atom. The molecule has 6 heteroatoms. The van der Waals surface area contributed by atoms with E-state index in [9.17, 15) is 9.59 Å². The Bertz CT molecular complexity index is 815. The highest BCUT2D eigenvalue weighted by molar-refractivity contribution is 9.10. The topological polar surface area (TPSA) is 62.6 Å². The van der Waals surface area contributed by atoms with Gasteiger partial charge in [0.2, 0.25) is 5.91 Å². The highest BCUT2D eigenvalue weighted by Crippen LogP contribution is 2.28. The number of aryl methyl sites for hydroxylation is 1. The van der Waals surface area contributed by atoms with Crippen LogP contribution in [-0.4, -0.2) is 35.8 Å². The summed E-state index contributed by atoms with van der Waals surface area (Å²) in [6.07, 6.45) is 3.27. The maximum atomic E-state index is 12.5. The summed E-state index contributed by atoms with van der Waals surface area (Å²) < 4.78 is 6.57. The van der Waals surface area contributed by atoms with Gasteiger partial charge in [-0.2, -0.15) is 0 Å². The molecule has 0 saturated heterocycles. The summed E-state index contributed by atoms with van der Waals surface area (Å²) in [5.74, 6) is -0.403. The number of nitrogens with zero attached hydrogens (tertiary/aromatic N) is 1. The Morgan fingerprint density at radius 2 is 1.96 bits per heavy atom. The molecule has 0 aliphatic rings. The van der Waals surface area contributed by atoms with Crippen molar-refractivity contribution in [2.24, 2.45) is 0 Å². The molecule has 132 valence electrons. The maximum Gasteiger partial charge on any atom is 0.287 e. The van der Waals surface area contributed by atoms with Gasteiger partial charge in [0.1, 0.15) is 11.6 Å². The number of hydrogen-bond donors (Lipinski definition) is 1. The van der Waals surface area contributed by atoms with Gasteiger partial charge >= 0.3 is 0 Å². The summed E-state index contributed by atoms with van der Waals surface area (Å²) in [6, 6.07) is 4.86. The molecule has 5 nitrogen and oxygen atoms in total. The first kappa shape index (κ1) is 19.0. The number of amides is 2. The molecule has 0 aliphatic carbocycles. The molecule has 0 spiro atoms. The Kier molecular flexibility index (Phi) is 6.20. The summed E-state index contributed by atoms with van der Waals surface area (Å²) >= 11 is 3.41. The van der Waals surface area contributed by atoms with Crippen LogP contribution in [0.3, 0.4) is 0 Å². The third kappa shape index (κ3) is 4.20. The van der Waals surface area contributed by atoms with Crippen LogP contribution in [0.25, 0.3) is 11.0 Å². The lowest BCUT2D eigenvalue weighted by atomic mass is 10.1. The smallest absolute Gasteiger partial charge is 0.287 e. The second-order valence-corrected chi connectivity index (χ2v) is 6.63. The lowest BCUT2D eigenvalue weighted by Gasteiger charge is -2.23. The fourth-order valence-electron chi connectivity index (χ4n) is 2.57. The van der Waals surface area contributed by atoms with E-state index in [0.29, 0.717) is 18.7 Å². The minimum Gasteiger partial charge on any atom is -0.451 e. The number of carbonyl (C=O) groups is 2. The van der Waals surface area contributed by atoms with E-state index in [2.05, 4.69) is 34.4 Å². The number of halogens is 1. The number of fused-ring (bicyclic) bond motifs is 1. The number of furan rings is 1. The molecule has 25 heavy (non-hydrogen) atoms. The van der Waals surface area contributed by atoms with E-state index in [1.807, 2.05) is 19.1 Å². The zero-order valence-corrected chi connectivity index (χ0v) is 15.9. The molecule has 0 radical (unpaired) electrons. The minimum absolute atomic E-state index is 0.204. The van der Waals surface area contributed by atoms with Crippen molar-refractivity contribution in [1.29, 1.82) is 0 Å². The molecule has 0 bridgehead atoms. The van der Waals surface area contributed by atoms with Crippen LogP contribution in [0.2, 0.25) is 0 Å². The van der Waals surface area contributed by atoms with E-state index in [1.54, 1.807) is 30.0 Å². The summed E-state index contributed by atoms with van der Waals surface area (Å²) in [7, 11) is 0. The summed E-state index contributed by atoms with van der Waals surface area (Å²) in [5, 5.41) is 3.57. The molecule has 2 amide bonds. The normalized spacial score (nSPS) is 11.8. The third-order valence-corrected chi connectivity index (χ3v) is 4.33. The zero-order chi connectivity index (χ0) is 18.6. The predicted octanol–water partition coefficient (Wildman–Crippen LogP) is 3.82. The van der Waals surface area contributed by atoms with Crippen molar-refractivity contribution < 1.29 is 14.0 Å². The van der Waals surface area contributed by atoms with Gasteiger partial charge in [0.15, 0.2) is 5.76 Å². The van der Waals surface area contributed by atoms with Crippen LogP contribution in [0.5, 0.6) is 0 Å². The fourth-order valence-corrected chi connectivity index (χ4v) is 2.93. The SMILES string of the molecule is C=CCN(CC=C)C(=O)C(C)NC(=O)c1oc2ccc(Br)cc2c1C. The molecule has 0 fully saturated rings. The molecule has 2 rings (SSSR count). The van der Waals surface area contributed by atoms with Crippen LogP contribution in [-0.2, 0) is 4.79 Å². The van der Waals surface area contributed by atoms with Crippen molar-refractivity contribution in [1.82, 2.24) is 10.2 Å². The minimum atomic E-state index is -0.688. The average Bonchev–Trinajstić information content (AvgIpc) is 2.90. The average molecular weight is 405 g/mol. The first-order chi connectivity index (χ1) is 11.9. The van der Waals surface area contributed by atoms with Gasteiger partial charge in [0.25, 0.3) is 5.91 Å². The molecule has 1 unspecified atom stereocenters. The Labute approximate surface area is 155 Å². The number of rotatable bonds is 7. The second-order valence-electron chi connectivity index (χ2n) is 5.71. The zero-order valence-electron chi connectivity index (χ0n) is 14.3. The van der Waals surface area contributed by atoms with Gasteiger partial charge in [-0.15, -0.1) is 13.2 Å². The molecule has 1 N–H and O–H groups in total. The van der Waals surface area contributed by atoms with Crippen LogP contribution < -0.4 is 5.32 Å². The van der Waals surface area contributed by atoms with Crippen molar-refractivity contribution in [2.45, 2.75) is 19.9 Å². The van der Waals surface area contributed by atoms with Crippen LogP contribution in [0.4, 0.5) is 0 Å². The third-order valence-electron chi connectivity index (χ3n) is 3.83. The number of benzene rings is 1. The first-order valence-corrected chi connectivity index (χ1v) is 8.68. The molecule has 1 heterocycles. The molecule has 2 aromatic rings. The fraction of sp³-hybridized carbons (Fsp3) is 0.263. The highest BCUT2D eigenvalue weighted by Gasteiger charge is 2.24. The maximum absolute atomic E-state index is 12.5. The van der Waals surface area contributed by atoms with E-state index >= 15 is 0 Å². The second kappa shape index (κ2) is 8.16. The first-order valence-electron chi connectivity index (χ1n) is 7.89. The van der Waals surface area contributed by atoms with Crippen molar-refractivity contribution in [2.75, 3.05) is 13.1 Å². The van der Waals surface area contributed by atoms with E-state index in [0.717, 1.165) is 15.4 Å². The molecular weight excluding hydrogens is 384 g/mol. The van der Waals surface area contributed by atoms with Gasteiger partial charge in [-0.25, -0.2) is 0 Å². The number of carbonyl (C=O) groups excluding carboxylic acids is 2. The van der Waals surface area contributed by atoms with Crippen molar-refractivity contribution in [3.05, 3.63) is 59.3 Å². The standard InChI is InChI=1S/C19H21BrN2O3/c1-5-9-22(10-6-2)19(24)13(4)21-18(23)17-12(3)15-11-14(20)7-8-16(15)25-17/h5-8,11,13H,1-2,9-10H2,3-4H3,(H,21,23).